The zero-order valence-corrected chi connectivity index (χ0v) is 9.23. The average Bonchev–Trinajstić information content (AvgIpc) is 2.63. The maximum absolute atomic E-state index is 11.2. The van der Waals surface area contributed by atoms with Crippen LogP contribution in [0.1, 0.15) is 16.1 Å². The number of aryl methyl sites for hydroxylation is 1. The van der Waals surface area contributed by atoms with Crippen LogP contribution in [0.25, 0.3) is 0 Å². The van der Waals surface area contributed by atoms with Crippen molar-refractivity contribution in [2.75, 3.05) is 5.73 Å². The molecule has 2 rings (SSSR count). The molecule has 2 aromatic rings. The van der Waals surface area contributed by atoms with E-state index in [1.807, 2.05) is 6.92 Å². The SMILES string of the molecule is Cc1cc(Oc2cc(N)ccc2C(N)=O)n[nH]1. The van der Waals surface area contributed by atoms with Crippen LogP contribution >= 0.6 is 0 Å². The average molecular weight is 232 g/mol. The molecule has 0 bridgehead atoms. The second kappa shape index (κ2) is 4.17. The standard InChI is InChI=1S/C11H12N4O2/c1-6-4-10(15-14-6)17-9-5-7(12)2-3-8(9)11(13)16/h2-5H,12H2,1H3,(H2,13,16)(H,14,15). The molecule has 88 valence electrons. The number of H-pyrrole nitrogens is 1. The third-order valence-corrected chi connectivity index (χ3v) is 2.17. The van der Waals surface area contributed by atoms with E-state index < -0.39 is 5.91 Å². The maximum atomic E-state index is 11.2. The van der Waals surface area contributed by atoms with Crippen molar-refractivity contribution < 1.29 is 9.53 Å². The zero-order chi connectivity index (χ0) is 12.4. The van der Waals surface area contributed by atoms with Gasteiger partial charge >= 0.3 is 0 Å². The molecule has 5 N–H and O–H groups in total. The maximum Gasteiger partial charge on any atom is 0.252 e. The lowest BCUT2D eigenvalue weighted by Crippen LogP contribution is -2.12. The van der Waals surface area contributed by atoms with E-state index in [0.717, 1.165) is 5.69 Å². The van der Waals surface area contributed by atoms with Crippen LogP contribution in [0.4, 0.5) is 5.69 Å². The molecule has 0 fully saturated rings. The van der Waals surface area contributed by atoms with Gasteiger partial charge in [0.25, 0.3) is 5.91 Å². The number of anilines is 1. The van der Waals surface area contributed by atoms with E-state index in [-0.39, 0.29) is 5.56 Å². The van der Waals surface area contributed by atoms with Gasteiger partial charge in [0.2, 0.25) is 5.88 Å². The summed E-state index contributed by atoms with van der Waals surface area (Å²) in [5, 5.41) is 6.63. The summed E-state index contributed by atoms with van der Waals surface area (Å²) in [5.41, 5.74) is 12.5. The van der Waals surface area contributed by atoms with E-state index in [2.05, 4.69) is 10.2 Å². The van der Waals surface area contributed by atoms with Gasteiger partial charge in [-0.2, -0.15) is 0 Å². The summed E-state index contributed by atoms with van der Waals surface area (Å²) >= 11 is 0. The Labute approximate surface area is 97.6 Å². The van der Waals surface area contributed by atoms with Crippen LogP contribution < -0.4 is 16.2 Å². The highest BCUT2D eigenvalue weighted by Crippen LogP contribution is 2.26. The van der Waals surface area contributed by atoms with Gasteiger partial charge in [-0.1, -0.05) is 0 Å². The normalized spacial score (nSPS) is 10.2. The molecule has 1 heterocycles. The Balaban J connectivity index is 2.37. The number of nitrogens with one attached hydrogen (secondary N) is 1. The second-order valence-corrected chi connectivity index (χ2v) is 3.61. The van der Waals surface area contributed by atoms with Gasteiger partial charge in [0.05, 0.1) is 5.56 Å². The Morgan fingerprint density at radius 1 is 1.41 bits per heavy atom. The quantitative estimate of drug-likeness (QED) is 0.691. The zero-order valence-electron chi connectivity index (χ0n) is 9.23. The van der Waals surface area contributed by atoms with Gasteiger partial charge in [-0.3, -0.25) is 9.89 Å². The van der Waals surface area contributed by atoms with Crippen LogP contribution in [-0.4, -0.2) is 16.1 Å². The van der Waals surface area contributed by atoms with Crippen molar-refractivity contribution in [1.82, 2.24) is 10.2 Å². The van der Waals surface area contributed by atoms with Crippen molar-refractivity contribution in [2.24, 2.45) is 5.73 Å². The van der Waals surface area contributed by atoms with E-state index in [1.54, 1.807) is 12.1 Å². The Hall–Kier alpha value is -2.50. The van der Waals surface area contributed by atoms with Crippen LogP contribution in [0, 0.1) is 6.92 Å². The first-order valence-electron chi connectivity index (χ1n) is 4.95. The number of aromatic nitrogens is 2. The first kappa shape index (κ1) is 11.0. The highest BCUT2D eigenvalue weighted by atomic mass is 16.5. The predicted octanol–water partition coefficient (Wildman–Crippen LogP) is 1.19. The minimum atomic E-state index is -0.577. The molecule has 1 aromatic carbocycles. The molecule has 17 heavy (non-hydrogen) atoms. The van der Waals surface area contributed by atoms with Gasteiger partial charge in [0.1, 0.15) is 5.75 Å². The molecular formula is C11H12N4O2. The van der Waals surface area contributed by atoms with E-state index in [0.29, 0.717) is 17.3 Å². The summed E-state index contributed by atoms with van der Waals surface area (Å²) in [4.78, 5) is 11.2. The number of aromatic amines is 1. The third kappa shape index (κ3) is 2.36. The van der Waals surface area contributed by atoms with E-state index >= 15 is 0 Å². The van der Waals surface area contributed by atoms with Gasteiger partial charge in [-0.25, -0.2) is 0 Å². The van der Waals surface area contributed by atoms with E-state index in [1.165, 1.54) is 12.1 Å². The van der Waals surface area contributed by atoms with Crippen LogP contribution in [0.15, 0.2) is 24.3 Å². The van der Waals surface area contributed by atoms with Crippen molar-refractivity contribution >= 4 is 11.6 Å². The fourth-order valence-electron chi connectivity index (χ4n) is 1.38. The number of amides is 1. The fraction of sp³-hybridized carbons (Fsp3) is 0.0909. The number of rotatable bonds is 3. The number of carbonyl (C=O) groups excluding carboxylic acids is 1. The Morgan fingerprint density at radius 2 is 2.18 bits per heavy atom. The van der Waals surface area contributed by atoms with Crippen molar-refractivity contribution in [3.63, 3.8) is 0 Å². The number of ether oxygens (including phenoxy) is 1. The van der Waals surface area contributed by atoms with E-state index in [9.17, 15) is 4.79 Å². The highest BCUT2D eigenvalue weighted by molar-refractivity contribution is 5.96. The lowest BCUT2D eigenvalue weighted by Gasteiger charge is -2.07. The van der Waals surface area contributed by atoms with Gasteiger partial charge in [0, 0.05) is 23.5 Å². The van der Waals surface area contributed by atoms with Crippen LogP contribution in [-0.2, 0) is 0 Å². The number of primary amides is 1. The first-order chi connectivity index (χ1) is 8.06. The van der Waals surface area contributed by atoms with Crippen LogP contribution in [0.2, 0.25) is 0 Å². The summed E-state index contributed by atoms with van der Waals surface area (Å²) in [7, 11) is 0. The number of carbonyl (C=O) groups is 1. The third-order valence-electron chi connectivity index (χ3n) is 2.17. The summed E-state index contributed by atoms with van der Waals surface area (Å²) in [6, 6.07) is 6.34. The number of nitrogen functional groups attached to an aromatic ring is 1. The molecule has 0 aliphatic rings. The van der Waals surface area contributed by atoms with Crippen LogP contribution in [0.3, 0.4) is 0 Å². The smallest absolute Gasteiger partial charge is 0.252 e. The lowest BCUT2D eigenvalue weighted by molar-refractivity contribution is 0.0998. The molecular weight excluding hydrogens is 220 g/mol. The summed E-state index contributed by atoms with van der Waals surface area (Å²) < 4.78 is 5.45. The molecule has 0 saturated heterocycles. The number of hydrogen-bond donors (Lipinski definition) is 3. The Morgan fingerprint density at radius 3 is 2.76 bits per heavy atom. The molecule has 1 amide bonds. The Bertz CT molecular complexity index is 562. The van der Waals surface area contributed by atoms with Crippen molar-refractivity contribution in [3.8, 4) is 11.6 Å². The molecule has 0 spiro atoms. The molecule has 6 nitrogen and oxygen atoms in total. The number of nitrogens with two attached hydrogens (primary N) is 2. The second-order valence-electron chi connectivity index (χ2n) is 3.61. The van der Waals surface area contributed by atoms with Crippen LogP contribution in [0.5, 0.6) is 11.6 Å². The van der Waals surface area contributed by atoms with Gasteiger partial charge in [-0.05, 0) is 19.1 Å². The largest absolute Gasteiger partial charge is 0.437 e. The van der Waals surface area contributed by atoms with Crippen molar-refractivity contribution in [1.29, 1.82) is 0 Å². The molecule has 0 radical (unpaired) electrons. The van der Waals surface area contributed by atoms with Gasteiger partial charge < -0.3 is 16.2 Å². The lowest BCUT2D eigenvalue weighted by atomic mass is 10.2. The van der Waals surface area contributed by atoms with Gasteiger partial charge in [0.15, 0.2) is 0 Å². The minimum Gasteiger partial charge on any atom is -0.437 e. The monoisotopic (exact) mass is 232 g/mol. The molecule has 0 aliphatic heterocycles. The number of hydrogen-bond acceptors (Lipinski definition) is 4. The molecule has 0 saturated carbocycles. The summed E-state index contributed by atoms with van der Waals surface area (Å²) in [5.74, 6) is 0.0758. The molecule has 0 atom stereocenters. The van der Waals surface area contributed by atoms with E-state index in [4.69, 9.17) is 16.2 Å². The number of benzene rings is 1. The number of nitrogens with zero attached hydrogens (tertiary/aromatic N) is 1. The van der Waals surface area contributed by atoms with Crippen molar-refractivity contribution in [2.45, 2.75) is 6.92 Å². The molecule has 0 unspecified atom stereocenters. The topological polar surface area (TPSA) is 107 Å². The first-order valence-corrected chi connectivity index (χ1v) is 4.95. The summed E-state index contributed by atoms with van der Waals surface area (Å²) in [6.07, 6.45) is 0. The highest BCUT2D eigenvalue weighted by Gasteiger charge is 2.11. The van der Waals surface area contributed by atoms with Gasteiger partial charge in [-0.15, -0.1) is 5.10 Å². The molecule has 0 aliphatic carbocycles. The Kier molecular flexibility index (Phi) is 2.70. The predicted molar refractivity (Wildman–Crippen MR) is 62.8 cm³/mol. The summed E-state index contributed by atoms with van der Waals surface area (Å²) in [6.45, 7) is 1.84. The molecule has 1 aromatic heterocycles. The fourth-order valence-corrected chi connectivity index (χ4v) is 1.38. The molecule has 6 heteroatoms. The van der Waals surface area contributed by atoms with Crippen molar-refractivity contribution in [3.05, 3.63) is 35.5 Å². The minimum absolute atomic E-state index is 0.264.